The Balaban J connectivity index is 1.46. The van der Waals surface area contributed by atoms with Crippen LogP contribution in [-0.2, 0) is 11.3 Å². The quantitative estimate of drug-likeness (QED) is 0.486. The third kappa shape index (κ3) is 4.27. The maximum Gasteiger partial charge on any atom is 0.405 e. The van der Waals surface area contributed by atoms with Gasteiger partial charge in [0.05, 0.1) is 16.8 Å². The maximum atomic E-state index is 12.1. The van der Waals surface area contributed by atoms with Gasteiger partial charge in [0.2, 0.25) is 5.91 Å². The van der Waals surface area contributed by atoms with Gasteiger partial charge in [-0.3, -0.25) is 9.78 Å². The van der Waals surface area contributed by atoms with Crippen LogP contribution in [0.25, 0.3) is 11.0 Å². The van der Waals surface area contributed by atoms with Gasteiger partial charge in [-0.05, 0) is 17.7 Å². The highest BCUT2D eigenvalue weighted by Gasteiger charge is 2.23. The molecule has 0 saturated carbocycles. The van der Waals surface area contributed by atoms with Crippen molar-refractivity contribution >= 4 is 34.4 Å². The Morgan fingerprint density at radius 2 is 2.00 bits per heavy atom. The Morgan fingerprint density at radius 3 is 2.73 bits per heavy atom. The molecule has 0 aromatic carbocycles. The second-order valence-corrected chi connectivity index (χ2v) is 7.00. The molecule has 4 N–H and O–H groups in total. The molecular formula is C20H23N7O3. The van der Waals surface area contributed by atoms with Gasteiger partial charge in [-0.2, -0.15) is 0 Å². The summed E-state index contributed by atoms with van der Waals surface area (Å²) in [7, 11) is 0. The lowest BCUT2D eigenvalue weighted by Gasteiger charge is -2.36. The summed E-state index contributed by atoms with van der Waals surface area (Å²) in [5.41, 5.74) is 3.89. The summed E-state index contributed by atoms with van der Waals surface area (Å²) >= 11 is 0. The first-order chi connectivity index (χ1) is 14.6. The molecule has 0 unspecified atom stereocenters. The van der Waals surface area contributed by atoms with Crippen LogP contribution >= 0.6 is 0 Å². The van der Waals surface area contributed by atoms with E-state index in [-0.39, 0.29) is 12.5 Å². The van der Waals surface area contributed by atoms with E-state index in [2.05, 4.69) is 30.5 Å². The number of fused-ring (bicyclic) bond motifs is 1. The molecule has 0 atom stereocenters. The predicted octanol–water partition coefficient (Wildman–Crippen LogP) is 1.49. The molecule has 0 aliphatic carbocycles. The van der Waals surface area contributed by atoms with Crippen LogP contribution in [0, 0.1) is 0 Å². The van der Waals surface area contributed by atoms with Gasteiger partial charge < -0.3 is 30.5 Å². The van der Waals surface area contributed by atoms with Crippen molar-refractivity contribution in [3.05, 3.63) is 48.5 Å². The van der Waals surface area contributed by atoms with Crippen LogP contribution in [-0.4, -0.2) is 69.7 Å². The van der Waals surface area contributed by atoms with E-state index in [1.54, 1.807) is 17.3 Å². The second kappa shape index (κ2) is 8.68. The van der Waals surface area contributed by atoms with Gasteiger partial charge in [0.1, 0.15) is 12.2 Å². The van der Waals surface area contributed by atoms with Crippen LogP contribution in [0.1, 0.15) is 5.56 Å². The van der Waals surface area contributed by atoms with Crippen LogP contribution < -0.4 is 15.5 Å². The van der Waals surface area contributed by atoms with Gasteiger partial charge in [-0.25, -0.2) is 9.78 Å². The number of carbonyl (C=O) groups excluding carboxylic acids is 1. The van der Waals surface area contributed by atoms with Crippen molar-refractivity contribution in [1.29, 1.82) is 0 Å². The number of pyridine rings is 2. The van der Waals surface area contributed by atoms with Crippen molar-refractivity contribution in [2.24, 2.45) is 0 Å². The normalized spacial score (nSPS) is 14.0. The molecule has 1 saturated heterocycles. The van der Waals surface area contributed by atoms with E-state index >= 15 is 0 Å². The fourth-order valence-corrected chi connectivity index (χ4v) is 3.60. The molecule has 0 bridgehead atoms. The zero-order valence-electron chi connectivity index (χ0n) is 16.3. The molecule has 1 fully saturated rings. The molecule has 0 spiro atoms. The standard InChI is InChI=1S/C20H23N7O3/c28-17(13-25-20(29)30)27-8-6-26(7-9-27)16-3-5-22-19-18(16)15(12-24-19)23-11-14-2-1-4-21-10-14/h1-5,10,12,23,25H,6-9,11,13H2,(H,22,24)(H,29,30). The molecule has 3 aromatic heterocycles. The molecule has 10 heteroatoms. The number of nitrogens with one attached hydrogen (secondary N) is 3. The summed E-state index contributed by atoms with van der Waals surface area (Å²) in [5, 5.41) is 15.3. The number of aromatic amines is 1. The Bertz CT molecular complexity index is 1030. The summed E-state index contributed by atoms with van der Waals surface area (Å²) in [6.07, 6.45) is 6.07. The van der Waals surface area contributed by atoms with Gasteiger partial charge in [-0.15, -0.1) is 0 Å². The van der Waals surface area contributed by atoms with Gasteiger partial charge in [0.25, 0.3) is 0 Å². The van der Waals surface area contributed by atoms with E-state index in [4.69, 9.17) is 5.11 Å². The minimum atomic E-state index is -1.19. The first kappa shape index (κ1) is 19.5. The average Bonchev–Trinajstić information content (AvgIpc) is 3.20. The lowest BCUT2D eigenvalue weighted by atomic mass is 10.2. The summed E-state index contributed by atoms with van der Waals surface area (Å²) in [4.78, 5) is 38.4. The first-order valence-electron chi connectivity index (χ1n) is 9.70. The van der Waals surface area contributed by atoms with Crippen molar-refractivity contribution in [3.63, 3.8) is 0 Å². The number of piperazine rings is 1. The monoisotopic (exact) mass is 409 g/mol. The van der Waals surface area contributed by atoms with E-state index in [1.807, 2.05) is 30.6 Å². The highest BCUT2D eigenvalue weighted by atomic mass is 16.4. The zero-order valence-corrected chi connectivity index (χ0v) is 16.3. The molecule has 30 heavy (non-hydrogen) atoms. The molecule has 1 aliphatic rings. The van der Waals surface area contributed by atoms with Crippen LogP contribution in [0.3, 0.4) is 0 Å². The van der Waals surface area contributed by atoms with Crippen LogP contribution in [0.4, 0.5) is 16.2 Å². The molecule has 0 radical (unpaired) electrons. The molecule has 2 amide bonds. The molecule has 10 nitrogen and oxygen atoms in total. The first-order valence-corrected chi connectivity index (χ1v) is 9.70. The van der Waals surface area contributed by atoms with Crippen LogP contribution in [0.15, 0.2) is 43.0 Å². The zero-order chi connectivity index (χ0) is 20.9. The van der Waals surface area contributed by atoms with Gasteiger partial charge >= 0.3 is 6.09 Å². The largest absolute Gasteiger partial charge is 0.465 e. The number of anilines is 2. The number of H-pyrrole nitrogens is 1. The molecule has 3 aromatic rings. The van der Waals surface area contributed by atoms with Crippen molar-refractivity contribution in [2.75, 3.05) is 42.9 Å². The second-order valence-electron chi connectivity index (χ2n) is 7.00. The Morgan fingerprint density at radius 1 is 1.17 bits per heavy atom. The summed E-state index contributed by atoms with van der Waals surface area (Å²) in [5.74, 6) is -0.211. The third-order valence-electron chi connectivity index (χ3n) is 5.12. The Hall–Kier alpha value is -3.82. The lowest BCUT2D eigenvalue weighted by molar-refractivity contribution is -0.130. The van der Waals surface area contributed by atoms with Crippen LogP contribution in [0.5, 0.6) is 0 Å². The smallest absolute Gasteiger partial charge is 0.405 e. The minimum Gasteiger partial charge on any atom is -0.465 e. The lowest BCUT2D eigenvalue weighted by Crippen LogP contribution is -2.51. The highest BCUT2D eigenvalue weighted by Crippen LogP contribution is 2.32. The van der Waals surface area contributed by atoms with Gasteiger partial charge in [0, 0.05) is 57.5 Å². The topological polar surface area (TPSA) is 126 Å². The van der Waals surface area contributed by atoms with E-state index in [9.17, 15) is 9.59 Å². The number of aromatic nitrogens is 3. The molecule has 4 rings (SSSR count). The van der Waals surface area contributed by atoms with E-state index in [0.29, 0.717) is 32.7 Å². The van der Waals surface area contributed by atoms with E-state index in [1.165, 1.54) is 0 Å². The number of rotatable bonds is 6. The van der Waals surface area contributed by atoms with Gasteiger partial charge in [-0.1, -0.05) is 6.07 Å². The highest BCUT2D eigenvalue weighted by molar-refractivity contribution is 6.00. The fraction of sp³-hybridized carbons (Fsp3) is 0.300. The van der Waals surface area contributed by atoms with Crippen LogP contribution in [0.2, 0.25) is 0 Å². The molecular weight excluding hydrogens is 386 g/mol. The predicted molar refractivity (Wildman–Crippen MR) is 112 cm³/mol. The van der Waals surface area contributed by atoms with Crippen molar-refractivity contribution in [1.82, 2.24) is 25.2 Å². The number of amides is 2. The summed E-state index contributed by atoms with van der Waals surface area (Å²) in [6.45, 7) is 2.83. The molecule has 4 heterocycles. The summed E-state index contributed by atoms with van der Waals surface area (Å²) in [6, 6.07) is 5.91. The molecule has 1 aliphatic heterocycles. The van der Waals surface area contributed by atoms with Gasteiger partial charge in [0.15, 0.2) is 0 Å². The number of carbonyl (C=O) groups is 2. The maximum absolute atomic E-state index is 12.1. The Labute approximate surface area is 172 Å². The summed E-state index contributed by atoms with van der Waals surface area (Å²) < 4.78 is 0. The fourth-order valence-electron chi connectivity index (χ4n) is 3.60. The van der Waals surface area contributed by atoms with Crippen molar-refractivity contribution < 1.29 is 14.7 Å². The SMILES string of the molecule is O=C(O)NCC(=O)N1CCN(c2ccnc3[nH]cc(NCc4cccnc4)c23)CC1. The number of carboxylic acid groups (broad SMARTS) is 1. The number of hydrogen-bond donors (Lipinski definition) is 4. The molecule has 156 valence electrons. The van der Waals surface area contributed by atoms with Crippen molar-refractivity contribution in [3.8, 4) is 0 Å². The van der Waals surface area contributed by atoms with E-state index < -0.39 is 6.09 Å². The minimum absolute atomic E-state index is 0.199. The van der Waals surface area contributed by atoms with E-state index in [0.717, 1.165) is 28.0 Å². The third-order valence-corrected chi connectivity index (χ3v) is 5.12. The van der Waals surface area contributed by atoms with Crippen molar-refractivity contribution in [2.45, 2.75) is 6.54 Å². The number of hydrogen-bond acceptors (Lipinski definition) is 6. The Kier molecular flexibility index (Phi) is 5.64. The average molecular weight is 409 g/mol. The number of nitrogens with zero attached hydrogens (tertiary/aromatic N) is 4.